The Labute approximate surface area is 113 Å². The minimum absolute atomic E-state index is 0.0217. The zero-order valence-corrected chi connectivity index (χ0v) is 10.9. The highest BCUT2D eigenvalue weighted by molar-refractivity contribution is 5.31. The first-order valence-electron chi connectivity index (χ1n) is 5.79. The van der Waals surface area contributed by atoms with Crippen molar-refractivity contribution in [3.8, 4) is 17.8 Å². The summed E-state index contributed by atoms with van der Waals surface area (Å²) in [6.45, 7) is 2.44. The van der Waals surface area contributed by atoms with E-state index >= 15 is 0 Å². The lowest BCUT2D eigenvalue weighted by Gasteiger charge is -2.08. The molecule has 6 nitrogen and oxygen atoms in total. The summed E-state index contributed by atoms with van der Waals surface area (Å²) in [4.78, 5) is 11.7. The number of anilines is 1. The molecule has 1 N–H and O–H groups in total. The fraction of sp³-hybridized carbons (Fsp3) is 0.250. The molecule has 0 fully saturated rings. The lowest BCUT2D eigenvalue weighted by molar-refractivity contribution is 0.354. The number of benzene rings is 1. The molecule has 0 spiro atoms. The second-order valence-corrected chi connectivity index (χ2v) is 3.64. The number of nitrogens with zero attached hydrogens (tertiary/aromatic N) is 3. The SMILES string of the molecule is CCNc1nc(OC)nc(Oc2ccc(F)cc2F)n1. The van der Waals surface area contributed by atoms with Crippen LogP contribution in [0.15, 0.2) is 18.2 Å². The van der Waals surface area contributed by atoms with Gasteiger partial charge in [0.05, 0.1) is 7.11 Å². The molecule has 0 aliphatic rings. The molecular weight excluding hydrogens is 270 g/mol. The number of ether oxygens (including phenoxy) is 2. The largest absolute Gasteiger partial charge is 0.467 e. The van der Waals surface area contributed by atoms with E-state index < -0.39 is 11.6 Å². The van der Waals surface area contributed by atoms with Crippen molar-refractivity contribution in [1.29, 1.82) is 0 Å². The second kappa shape index (κ2) is 6.09. The van der Waals surface area contributed by atoms with Crippen LogP contribution < -0.4 is 14.8 Å². The van der Waals surface area contributed by atoms with E-state index in [1.54, 1.807) is 0 Å². The lowest BCUT2D eigenvalue weighted by Crippen LogP contribution is -2.06. The summed E-state index contributed by atoms with van der Waals surface area (Å²) in [7, 11) is 1.38. The molecule has 2 aromatic rings. The van der Waals surface area contributed by atoms with Crippen LogP contribution in [-0.2, 0) is 0 Å². The maximum absolute atomic E-state index is 13.5. The summed E-state index contributed by atoms with van der Waals surface area (Å²) in [6, 6.07) is 2.79. The highest BCUT2D eigenvalue weighted by Gasteiger charge is 2.11. The van der Waals surface area contributed by atoms with Crippen molar-refractivity contribution in [2.75, 3.05) is 19.0 Å². The van der Waals surface area contributed by atoms with Crippen LogP contribution in [0, 0.1) is 11.6 Å². The van der Waals surface area contributed by atoms with Gasteiger partial charge in [0.25, 0.3) is 0 Å². The van der Waals surface area contributed by atoms with Gasteiger partial charge in [0.1, 0.15) is 5.82 Å². The van der Waals surface area contributed by atoms with Gasteiger partial charge in [0, 0.05) is 12.6 Å². The van der Waals surface area contributed by atoms with Gasteiger partial charge in [-0.2, -0.15) is 9.97 Å². The molecule has 2 rings (SSSR count). The second-order valence-electron chi connectivity index (χ2n) is 3.64. The van der Waals surface area contributed by atoms with Crippen LogP contribution in [0.2, 0.25) is 0 Å². The van der Waals surface area contributed by atoms with Crippen molar-refractivity contribution in [3.05, 3.63) is 29.8 Å². The molecule has 0 aliphatic heterocycles. The number of methoxy groups -OCH3 is 1. The zero-order chi connectivity index (χ0) is 14.5. The average Bonchev–Trinajstić information content (AvgIpc) is 2.42. The summed E-state index contributed by atoms with van der Waals surface area (Å²) in [5.41, 5.74) is 0. The highest BCUT2D eigenvalue weighted by Crippen LogP contribution is 2.24. The quantitative estimate of drug-likeness (QED) is 0.908. The summed E-state index contributed by atoms with van der Waals surface area (Å²) >= 11 is 0. The van der Waals surface area contributed by atoms with E-state index in [1.807, 2.05) is 6.92 Å². The third-order valence-electron chi connectivity index (χ3n) is 2.21. The smallest absolute Gasteiger partial charge is 0.330 e. The summed E-state index contributed by atoms with van der Waals surface area (Å²) in [6.07, 6.45) is 0. The fourth-order valence-electron chi connectivity index (χ4n) is 1.37. The summed E-state index contributed by atoms with van der Waals surface area (Å²) in [5, 5.41) is 2.86. The maximum atomic E-state index is 13.5. The van der Waals surface area contributed by atoms with Crippen molar-refractivity contribution >= 4 is 5.95 Å². The molecule has 0 aliphatic carbocycles. The number of hydrogen-bond donors (Lipinski definition) is 1. The monoisotopic (exact) mass is 282 g/mol. The van der Waals surface area contributed by atoms with E-state index in [9.17, 15) is 8.78 Å². The third kappa shape index (κ3) is 3.28. The third-order valence-corrected chi connectivity index (χ3v) is 2.21. The molecule has 0 unspecified atom stereocenters. The number of aromatic nitrogens is 3. The van der Waals surface area contributed by atoms with Gasteiger partial charge < -0.3 is 14.8 Å². The molecule has 1 aromatic heterocycles. The molecule has 1 heterocycles. The first-order chi connectivity index (χ1) is 9.62. The van der Waals surface area contributed by atoms with Gasteiger partial charge in [-0.3, -0.25) is 0 Å². The van der Waals surface area contributed by atoms with Gasteiger partial charge in [-0.15, -0.1) is 4.98 Å². The Kier molecular flexibility index (Phi) is 4.24. The van der Waals surface area contributed by atoms with E-state index in [0.717, 1.165) is 12.1 Å². The maximum Gasteiger partial charge on any atom is 0.330 e. The molecule has 0 bridgehead atoms. The molecule has 0 saturated carbocycles. The van der Waals surface area contributed by atoms with Crippen LogP contribution in [0.4, 0.5) is 14.7 Å². The number of rotatable bonds is 5. The molecule has 0 atom stereocenters. The van der Waals surface area contributed by atoms with E-state index in [0.29, 0.717) is 12.6 Å². The first kappa shape index (κ1) is 13.9. The van der Waals surface area contributed by atoms with E-state index in [-0.39, 0.29) is 23.7 Å². The van der Waals surface area contributed by atoms with E-state index in [1.165, 1.54) is 7.11 Å². The Bertz CT molecular complexity index is 610. The van der Waals surface area contributed by atoms with Crippen LogP contribution >= 0.6 is 0 Å². The Morgan fingerprint density at radius 1 is 1.15 bits per heavy atom. The van der Waals surface area contributed by atoms with E-state index in [2.05, 4.69) is 20.3 Å². The van der Waals surface area contributed by atoms with Crippen LogP contribution in [0.5, 0.6) is 17.8 Å². The van der Waals surface area contributed by atoms with Crippen molar-refractivity contribution in [2.24, 2.45) is 0 Å². The Morgan fingerprint density at radius 2 is 1.90 bits per heavy atom. The lowest BCUT2D eigenvalue weighted by atomic mass is 10.3. The molecular formula is C12H12F2N4O2. The molecule has 8 heteroatoms. The molecule has 0 amide bonds. The fourth-order valence-corrected chi connectivity index (χ4v) is 1.37. The van der Waals surface area contributed by atoms with Gasteiger partial charge in [-0.1, -0.05) is 0 Å². The normalized spacial score (nSPS) is 10.2. The van der Waals surface area contributed by atoms with E-state index in [4.69, 9.17) is 9.47 Å². The number of nitrogens with one attached hydrogen (secondary N) is 1. The number of halogens is 2. The van der Waals surface area contributed by atoms with Crippen LogP contribution in [-0.4, -0.2) is 28.6 Å². The van der Waals surface area contributed by atoms with Gasteiger partial charge in [0.15, 0.2) is 11.6 Å². The molecule has 106 valence electrons. The Morgan fingerprint density at radius 3 is 2.55 bits per heavy atom. The predicted octanol–water partition coefficient (Wildman–Crippen LogP) is 2.38. The summed E-state index contributed by atoms with van der Waals surface area (Å²) < 4.78 is 36.3. The van der Waals surface area contributed by atoms with Gasteiger partial charge in [-0.05, 0) is 19.1 Å². The van der Waals surface area contributed by atoms with Crippen LogP contribution in [0.25, 0.3) is 0 Å². The minimum atomic E-state index is -0.852. The average molecular weight is 282 g/mol. The van der Waals surface area contributed by atoms with Crippen molar-refractivity contribution in [1.82, 2.24) is 15.0 Å². The first-order valence-corrected chi connectivity index (χ1v) is 5.79. The predicted molar refractivity (Wildman–Crippen MR) is 67.0 cm³/mol. The zero-order valence-electron chi connectivity index (χ0n) is 10.9. The number of hydrogen-bond acceptors (Lipinski definition) is 6. The Balaban J connectivity index is 2.29. The minimum Gasteiger partial charge on any atom is -0.467 e. The summed E-state index contributed by atoms with van der Waals surface area (Å²) in [5.74, 6) is -1.51. The van der Waals surface area contributed by atoms with Crippen LogP contribution in [0.3, 0.4) is 0 Å². The molecule has 0 saturated heterocycles. The highest BCUT2D eigenvalue weighted by atomic mass is 19.1. The molecule has 1 aromatic carbocycles. The van der Waals surface area contributed by atoms with Gasteiger partial charge in [0.2, 0.25) is 5.95 Å². The topological polar surface area (TPSA) is 69.2 Å². The standard InChI is InChI=1S/C12H12F2N4O2/c1-3-15-10-16-11(19-2)18-12(17-10)20-9-5-4-7(13)6-8(9)14/h4-6H,3H2,1-2H3,(H,15,16,17,18). The van der Waals surface area contributed by atoms with Crippen LogP contribution in [0.1, 0.15) is 6.92 Å². The Hall–Kier alpha value is -2.51. The molecule has 0 radical (unpaired) electrons. The molecule has 20 heavy (non-hydrogen) atoms. The van der Waals surface area contributed by atoms with Gasteiger partial charge >= 0.3 is 12.0 Å². The van der Waals surface area contributed by atoms with Gasteiger partial charge in [-0.25, -0.2) is 8.78 Å². The van der Waals surface area contributed by atoms with Crippen molar-refractivity contribution < 1.29 is 18.3 Å². The van der Waals surface area contributed by atoms with Crippen molar-refractivity contribution in [2.45, 2.75) is 6.92 Å². The van der Waals surface area contributed by atoms with Crippen molar-refractivity contribution in [3.63, 3.8) is 0 Å².